The number of hydrogen-bond donors (Lipinski definition) is 1. The number of ether oxygens (including phenoxy) is 1. The van der Waals surface area contributed by atoms with Crippen molar-refractivity contribution < 1.29 is 9.53 Å². The first-order chi connectivity index (χ1) is 10.6. The third kappa shape index (κ3) is 4.89. The maximum absolute atomic E-state index is 12.2. The molecule has 22 heavy (non-hydrogen) atoms. The molecule has 2 rings (SSSR count). The van der Waals surface area contributed by atoms with Gasteiger partial charge in [0.25, 0.3) is 0 Å². The van der Waals surface area contributed by atoms with Crippen LogP contribution in [0.5, 0.6) is 0 Å². The average Bonchev–Trinajstić information content (AvgIpc) is 2.55. The van der Waals surface area contributed by atoms with Crippen LogP contribution in [0.1, 0.15) is 30.9 Å². The quantitative estimate of drug-likeness (QED) is 0.814. The number of nitrogens with one attached hydrogen (secondary N) is 1. The maximum Gasteiger partial charge on any atom is 0.247 e. The van der Waals surface area contributed by atoms with E-state index in [1.54, 1.807) is 11.8 Å². The summed E-state index contributed by atoms with van der Waals surface area (Å²) in [7, 11) is 0. The predicted molar refractivity (Wildman–Crippen MR) is 92.4 cm³/mol. The number of benzene rings is 1. The van der Waals surface area contributed by atoms with Gasteiger partial charge >= 0.3 is 0 Å². The minimum absolute atomic E-state index is 0.0656. The number of thioether (sulfide) groups is 1. The van der Waals surface area contributed by atoms with Gasteiger partial charge in [-0.25, -0.2) is 0 Å². The molecule has 1 amide bonds. The summed E-state index contributed by atoms with van der Waals surface area (Å²) in [5.41, 5.74) is 3.49. The molecule has 1 aromatic carbocycles. The molecule has 0 radical (unpaired) electrons. The Hall–Kier alpha value is -1.26. The zero-order valence-corrected chi connectivity index (χ0v) is 14.5. The smallest absolute Gasteiger partial charge is 0.247 e. The van der Waals surface area contributed by atoms with Gasteiger partial charge in [-0.3, -0.25) is 4.79 Å². The van der Waals surface area contributed by atoms with Gasteiger partial charge in [0, 0.05) is 28.7 Å². The summed E-state index contributed by atoms with van der Waals surface area (Å²) in [6.45, 7) is 7.57. The highest BCUT2D eigenvalue weighted by atomic mass is 32.2. The van der Waals surface area contributed by atoms with Crippen LogP contribution in [0.4, 0.5) is 0 Å². The number of aryl methyl sites for hydroxylation is 2. The van der Waals surface area contributed by atoms with Crippen molar-refractivity contribution in [3.63, 3.8) is 0 Å². The fraction of sp³-hybridized carbons (Fsp3) is 0.500. The third-order valence-corrected chi connectivity index (χ3v) is 5.17. The van der Waals surface area contributed by atoms with Gasteiger partial charge in [0.15, 0.2) is 0 Å². The van der Waals surface area contributed by atoms with Crippen molar-refractivity contribution in [3.8, 4) is 0 Å². The van der Waals surface area contributed by atoms with Crippen molar-refractivity contribution in [2.45, 2.75) is 44.6 Å². The molecular formula is C18H25NO2S. The summed E-state index contributed by atoms with van der Waals surface area (Å²) in [4.78, 5) is 13.5. The second kappa shape index (κ2) is 8.39. The van der Waals surface area contributed by atoms with E-state index < -0.39 is 0 Å². The highest BCUT2D eigenvalue weighted by Gasteiger charge is 2.16. The fourth-order valence-corrected chi connectivity index (χ4v) is 3.41. The van der Waals surface area contributed by atoms with E-state index in [4.69, 9.17) is 4.74 Å². The van der Waals surface area contributed by atoms with Gasteiger partial charge in [0.1, 0.15) is 0 Å². The molecule has 1 aliphatic rings. The van der Waals surface area contributed by atoms with Gasteiger partial charge in [-0.05, 0) is 43.5 Å². The summed E-state index contributed by atoms with van der Waals surface area (Å²) in [6.07, 6.45) is 3.54. The van der Waals surface area contributed by atoms with E-state index in [-0.39, 0.29) is 11.9 Å². The van der Waals surface area contributed by atoms with E-state index in [1.807, 2.05) is 6.08 Å². The Morgan fingerprint density at radius 3 is 2.82 bits per heavy atom. The van der Waals surface area contributed by atoms with Crippen LogP contribution >= 0.6 is 11.8 Å². The van der Waals surface area contributed by atoms with Gasteiger partial charge in [-0.1, -0.05) is 19.1 Å². The molecule has 0 saturated carbocycles. The number of amides is 1. The van der Waals surface area contributed by atoms with Gasteiger partial charge < -0.3 is 10.1 Å². The van der Waals surface area contributed by atoms with Crippen molar-refractivity contribution in [2.24, 2.45) is 0 Å². The summed E-state index contributed by atoms with van der Waals surface area (Å²) in [5, 5.41) is 3.15. The topological polar surface area (TPSA) is 38.3 Å². The zero-order valence-electron chi connectivity index (χ0n) is 13.6. The summed E-state index contributed by atoms with van der Waals surface area (Å²) in [6, 6.07) is 6.73. The molecule has 1 aliphatic heterocycles. The lowest BCUT2D eigenvalue weighted by Gasteiger charge is -2.19. The Kier molecular flexibility index (Phi) is 6.52. The Bertz CT molecular complexity index is 554. The minimum Gasteiger partial charge on any atom is -0.377 e. The second-order valence-electron chi connectivity index (χ2n) is 5.69. The van der Waals surface area contributed by atoms with Crippen LogP contribution in [-0.4, -0.2) is 30.9 Å². The highest BCUT2D eigenvalue weighted by Crippen LogP contribution is 2.22. The van der Waals surface area contributed by atoms with E-state index in [2.05, 4.69) is 44.3 Å². The number of hydrogen-bond acceptors (Lipinski definition) is 3. The minimum atomic E-state index is 0.0656. The van der Waals surface area contributed by atoms with Crippen molar-refractivity contribution in [1.82, 2.24) is 5.32 Å². The first-order valence-electron chi connectivity index (χ1n) is 7.88. The molecule has 0 bridgehead atoms. The Labute approximate surface area is 137 Å². The van der Waals surface area contributed by atoms with Crippen LogP contribution in [0.3, 0.4) is 0 Å². The van der Waals surface area contributed by atoms with Crippen LogP contribution < -0.4 is 5.32 Å². The van der Waals surface area contributed by atoms with Crippen molar-refractivity contribution in [2.75, 3.05) is 19.0 Å². The van der Waals surface area contributed by atoms with Gasteiger partial charge in [-0.15, -0.1) is 11.8 Å². The van der Waals surface area contributed by atoms with E-state index in [1.165, 1.54) is 16.0 Å². The molecule has 1 heterocycles. The molecule has 1 N–H and O–H groups in total. The predicted octanol–water partition coefficient (Wildman–Crippen LogP) is 3.64. The summed E-state index contributed by atoms with van der Waals surface area (Å²) in [5.74, 6) is 0.963. The van der Waals surface area contributed by atoms with E-state index in [9.17, 15) is 4.79 Å². The zero-order chi connectivity index (χ0) is 15.9. The van der Waals surface area contributed by atoms with Crippen LogP contribution in [0.2, 0.25) is 0 Å². The van der Waals surface area contributed by atoms with Gasteiger partial charge in [0.05, 0.1) is 13.2 Å². The number of carbonyl (C=O) groups excluding carboxylic acids is 1. The van der Waals surface area contributed by atoms with Crippen molar-refractivity contribution >= 4 is 17.7 Å². The fourth-order valence-electron chi connectivity index (χ4n) is 2.27. The molecule has 4 heteroatoms. The summed E-state index contributed by atoms with van der Waals surface area (Å²) < 4.78 is 5.25. The van der Waals surface area contributed by atoms with Crippen LogP contribution in [0.15, 0.2) is 34.7 Å². The standard InChI is InChI=1S/C18H25NO2S/c1-4-16(19-18(20)15-7-9-21-10-8-15)12-22-17-6-5-13(2)14(3)11-17/h5-7,11,16H,4,8-10,12H2,1-3H3,(H,19,20)/t16-/m0/s1. The number of carbonyl (C=O) groups is 1. The lowest BCUT2D eigenvalue weighted by Crippen LogP contribution is -2.37. The molecule has 0 aliphatic carbocycles. The van der Waals surface area contributed by atoms with Crippen LogP contribution in [0.25, 0.3) is 0 Å². The van der Waals surface area contributed by atoms with E-state index in [0.29, 0.717) is 19.6 Å². The third-order valence-electron chi connectivity index (χ3n) is 4.01. The highest BCUT2D eigenvalue weighted by molar-refractivity contribution is 7.99. The largest absolute Gasteiger partial charge is 0.377 e. The Balaban J connectivity index is 1.87. The average molecular weight is 319 g/mol. The molecule has 0 saturated heterocycles. The molecular weight excluding hydrogens is 294 g/mol. The molecule has 0 unspecified atom stereocenters. The van der Waals surface area contributed by atoms with Crippen molar-refractivity contribution in [3.05, 3.63) is 41.0 Å². The van der Waals surface area contributed by atoms with Crippen molar-refractivity contribution in [1.29, 1.82) is 0 Å². The Morgan fingerprint density at radius 2 is 2.18 bits per heavy atom. The van der Waals surface area contributed by atoms with Crippen LogP contribution in [-0.2, 0) is 9.53 Å². The maximum atomic E-state index is 12.2. The monoisotopic (exact) mass is 319 g/mol. The number of rotatable bonds is 6. The first-order valence-corrected chi connectivity index (χ1v) is 8.86. The molecule has 0 aromatic heterocycles. The molecule has 0 fully saturated rings. The second-order valence-corrected chi connectivity index (χ2v) is 6.78. The molecule has 0 spiro atoms. The first kappa shape index (κ1) is 17.1. The summed E-state index contributed by atoms with van der Waals surface area (Å²) >= 11 is 1.81. The van der Waals surface area contributed by atoms with Gasteiger partial charge in [0.2, 0.25) is 5.91 Å². The lowest BCUT2D eigenvalue weighted by atomic mass is 10.1. The normalized spacial score (nSPS) is 16.0. The molecule has 1 aromatic rings. The molecule has 3 nitrogen and oxygen atoms in total. The Morgan fingerprint density at radius 1 is 1.36 bits per heavy atom. The lowest BCUT2D eigenvalue weighted by molar-refractivity contribution is -0.118. The molecule has 120 valence electrons. The van der Waals surface area contributed by atoms with E-state index in [0.717, 1.165) is 17.7 Å². The van der Waals surface area contributed by atoms with Gasteiger partial charge in [-0.2, -0.15) is 0 Å². The SMILES string of the molecule is CC[C@@H](CSc1ccc(C)c(C)c1)NC(=O)C1=CCOCC1. The molecule has 1 atom stereocenters. The van der Waals surface area contributed by atoms with Crippen LogP contribution in [0, 0.1) is 13.8 Å². The van der Waals surface area contributed by atoms with E-state index >= 15 is 0 Å².